The average molecular weight is 317 g/mol. The van der Waals surface area contributed by atoms with E-state index < -0.39 is 26.7 Å². The summed E-state index contributed by atoms with van der Waals surface area (Å²) in [6.45, 7) is 0.798. The van der Waals surface area contributed by atoms with Gasteiger partial charge in [-0.15, -0.1) is 0 Å². The molecule has 0 atom stereocenters. The molecule has 6 nitrogen and oxygen atoms in total. The number of nitrogens with one attached hydrogen (secondary N) is 1. The first kappa shape index (κ1) is 15.9. The minimum absolute atomic E-state index is 0.00575. The van der Waals surface area contributed by atoms with Gasteiger partial charge >= 0.3 is 5.97 Å². The number of carbonyl (C=O) groups is 1. The molecule has 0 aromatic heterocycles. The van der Waals surface area contributed by atoms with Crippen molar-refractivity contribution in [3.8, 4) is 0 Å². The maximum atomic E-state index is 13.6. The average Bonchev–Trinajstić information content (AvgIpc) is 3.22. The van der Waals surface area contributed by atoms with Gasteiger partial charge in [-0.05, 0) is 37.0 Å². The minimum Gasteiger partial charge on any atom is -0.478 e. The normalized spacial score (nSPS) is 15.1. The molecule has 1 aromatic rings. The number of benzene rings is 1. The van der Waals surface area contributed by atoms with Crippen molar-refractivity contribution >= 4 is 16.0 Å². The predicted molar refractivity (Wildman–Crippen MR) is 72.1 cm³/mol. The van der Waals surface area contributed by atoms with Gasteiger partial charge in [-0.3, -0.25) is 0 Å². The lowest BCUT2D eigenvalue weighted by Crippen LogP contribution is -2.28. The highest BCUT2D eigenvalue weighted by Crippen LogP contribution is 2.28. The summed E-state index contributed by atoms with van der Waals surface area (Å²) in [5.41, 5.74) is -0.290. The van der Waals surface area contributed by atoms with Gasteiger partial charge in [0.1, 0.15) is 10.7 Å². The molecule has 2 N–H and O–H groups in total. The Morgan fingerprint density at radius 2 is 2.14 bits per heavy atom. The van der Waals surface area contributed by atoms with Crippen LogP contribution in [0.5, 0.6) is 0 Å². The van der Waals surface area contributed by atoms with Gasteiger partial charge in [0, 0.05) is 13.2 Å². The van der Waals surface area contributed by atoms with Crippen LogP contribution in [-0.4, -0.2) is 39.3 Å². The Labute approximate surface area is 122 Å². The summed E-state index contributed by atoms with van der Waals surface area (Å²) in [5.74, 6) is -1.74. The van der Waals surface area contributed by atoms with Gasteiger partial charge in [-0.25, -0.2) is 22.3 Å². The molecule has 0 bridgehead atoms. The summed E-state index contributed by atoms with van der Waals surface area (Å²) in [5, 5.41) is 8.81. The molecule has 0 radical (unpaired) electrons. The van der Waals surface area contributed by atoms with Crippen LogP contribution in [0.15, 0.2) is 23.1 Å². The number of carboxylic acid groups (broad SMARTS) is 1. The molecule has 0 heterocycles. The number of aromatic carboxylic acids is 1. The van der Waals surface area contributed by atoms with E-state index in [0.29, 0.717) is 12.5 Å². The van der Waals surface area contributed by atoms with Crippen LogP contribution < -0.4 is 4.72 Å². The second-order valence-electron chi connectivity index (χ2n) is 4.87. The van der Waals surface area contributed by atoms with Crippen molar-refractivity contribution in [3.63, 3.8) is 0 Å². The lowest BCUT2D eigenvalue weighted by molar-refractivity contribution is 0.0696. The zero-order valence-corrected chi connectivity index (χ0v) is 12.0. The van der Waals surface area contributed by atoms with E-state index in [0.717, 1.165) is 31.0 Å². The van der Waals surface area contributed by atoms with Crippen molar-refractivity contribution < 1.29 is 27.4 Å². The smallest absolute Gasteiger partial charge is 0.335 e. The molecule has 1 saturated carbocycles. The van der Waals surface area contributed by atoms with Crippen LogP contribution >= 0.6 is 0 Å². The molecule has 1 aliphatic rings. The van der Waals surface area contributed by atoms with E-state index in [1.807, 2.05) is 0 Å². The summed E-state index contributed by atoms with van der Waals surface area (Å²) in [6, 6.07) is 2.63. The van der Waals surface area contributed by atoms with Crippen LogP contribution in [0.1, 0.15) is 23.2 Å². The zero-order valence-electron chi connectivity index (χ0n) is 11.2. The number of sulfonamides is 1. The second-order valence-corrected chi connectivity index (χ2v) is 6.60. The lowest BCUT2D eigenvalue weighted by atomic mass is 10.2. The lowest BCUT2D eigenvalue weighted by Gasteiger charge is -2.09. The highest BCUT2D eigenvalue weighted by atomic mass is 32.2. The molecule has 116 valence electrons. The topological polar surface area (TPSA) is 92.7 Å². The van der Waals surface area contributed by atoms with Crippen molar-refractivity contribution in [2.45, 2.75) is 17.7 Å². The van der Waals surface area contributed by atoms with Gasteiger partial charge in [-0.2, -0.15) is 0 Å². The third-order valence-electron chi connectivity index (χ3n) is 3.06. The van der Waals surface area contributed by atoms with Crippen molar-refractivity contribution in [1.29, 1.82) is 0 Å². The maximum Gasteiger partial charge on any atom is 0.335 e. The number of hydrogen-bond acceptors (Lipinski definition) is 4. The molecule has 0 amide bonds. The van der Waals surface area contributed by atoms with Crippen LogP contribution in [0.2, 0.25) is 0 Å². The van der Waals surface area contributed by atoms with Gasteiger partial charge < -0.3 is 9.84 Å². The molecule has 0 saturated heterocycles. The summed E-state index contributed by atoms with van der Waals surface area (Å²) < 4.78 is 44.9. The van der Waals surface area contributed by atoms with E-state index in [4.69, 9.17) is 9.84 Å². The predicted octanol–water partition coefficient (Wildman–Crippen LogP) is 1.23. The van der Waals surface area contributed by atoms with E-state index >= 15 is 0 Å². The Hall–Kier alpha value is -1.51. The highest BCUT2D eigenvalue weighted by molar-refractivity contribution is 7.89. The molecule has 8 heteroatoms. The first-order chi connectivity index (χ1) is 9.90. The van der Waals surface area contributed by atoms with Gasteiger partial charge in [0.15, 0.2) is 0 Å². The van der Waals surface area contributed by atoms with Crippen molar-refractivity contribution in [1.82, 2.24) is 4.72 Å². The molecule has 21 heavy (non-hydrogen) atoms. The number of rotatable bonds is 8. The van der Waals surface area contributed by atoms with Crippen LogP contribution in [-0.2, 0) is 14.8 Å². The van der Waals surface area contributed by atoms with E-state index in [1.165, 1.54) is 0 Å². The SMILES string of the molecule is O=C(O)c1ccc(F)c(S(=O)(=O)NCCOCC2CC2)c1. The Morgan fingerprint density at radius 3 is 2.76 bits per heavy atom. The molecule has 0 aliphatic heterocycles. The third-order valence-corrected chi connectivity index (χ3v) is 4.53. The molecule has 0 spiro atoms. The molecular formula is C13H16FNO5S. The monoisotopic (exact) mass is 317 g/mol. The quantitative estimate of drug-likeness (QED) is 0.704. The fourth-order valence-corrected chi connectivity index (χ4v) is 2.82. The van der Waals surface area contributed by atoms with E-state index in [1.54, 1.807) is 0 Å². The van der Waals surface area contributed by atoms with Gasteiger partial charge in [0.05, 0.1) is 12.2 Å². The van der Waals surface area contributed by atoms with Gasteiger partial charge in [-0.1, -0.05) is 0 Å². The third kappa shape index (κ3) is 4.48. The Balaban J connectivity index is 1.97. The van der Waals surface area contributed by atoms with Crippen molar-refractivity contribution in [2.75, 3.05) is 19.8 Å². The molecular weight excluding hydrogens is 301 g/mol. The fourth-order valence-electron chi connectivity index (χ4n) is 1.70. The standard InChI is InChI=1S/C13H16FNO5S/c14-11-4-3-10(13(16)17)7-12(11)21(18,19)15-5-6-20-8-9-1-2-9/h3-4,7,9,15H,1-2,5-6,8H2,(H,16,17). The molecule has 0 unspecified atom stereocenters. The van der Waals surface area contributed by atoms with Gasteiger partial charge in [0.25, 0.3) is 0 Å². The highest BCUT2D eigenvalue weighted by Gasteiger charge is 2.22. The van der Waals surface area contributed by atoms with Crippen LogP contribution in [0.25, 0.3) is 0 Å². The summed E-state index contributed by atoms with van der Waals surface area (Å²) >= 11 is 0. The summed E-state index contributed by atoms with van der Waals surface area (Å²) in [4.78, 5) is 10.1. The van der Waals surface area contributed by atoms with Crippen molar-refractivity contribution in [2.24, 2.45) is 5.92 Å². The van der Waals surface area contributed by atoms with Gasteiger partial charge in [0.2, 0.25) is 10.0 Å². The number of carboxylic acids is 1. The van der Waals surface area contributed by atoms with Crippen molar-refractivity contribution in [3.05, 3.63) is 29.6 Å². The zero-order chi connectivity index (χ0) is 15.5. The molecule has 2 rings (SSSR count). The minimum atomic E-state index is -4.10. The fraction of sp³-hybridized carbons (Fsp3) is 0.462. The van der Waals surface area contributed by atoms with E-state index in [2.05, 4.69) is 4.72 Å². The number of halogens is 1. The molecule has 1 fully saturated rings. The molecule has 1 aliphatic carbocycles. The Morgan fingerprint density at radius 1 is 1.43 bits per heavy atom. The largest absolute Gasteiger partial charge is 0.478 e. The van der Waals surface area contributed by atoms with Crippen LogP contribution in [0.4, 0.5) is 4.39 Å². The second kappa shape index (κ2) is 6.50. The first-order valence-electron chi connectivity index (χ1n) is 6.50. The van der Waals surface area contributed by atoms with E-state index in [-0.39, 0.29) is 18.7 Å². The maximum absolute atomic E-state index is 13.6. The summed E-state index contributed by atoms with van der Waals surface area (Å²) in [7, 11) is -4.10. The first-order valence-corrected chi connectivity index (χ1v) is 7.99. The van der Waals surface area contributed by atoms with Crippen LogP contribution in [0.3, 0.4) is 0 Å². The van der Waals surface area contributed by atoms with E-state index in [9.17, 15) is 17.6 Å². The van der Waals surface area contributed by atoms with Crippen LogP contribution in [0, 0.1) is 11.7 Å². The molecule has 1 aromatic carbocycles. The summed E-state index contributed by atoms with van der Waals surface area (Å²) in [6.07, 6.45) is 2.28. The number of ether oxygens (including phenoxy) is 1. The Bertz CT molecular complexity index is 627. The number of hydrogen-bond donors (Lipinski definition) is 2. The Kier molecular flexibility index (Phi) is 4.92.